The fourth-order valence-electron chi connectivity index (χ4n) is 3.01. The molecule has 1 aromatic carbocycles. The second kappa shape index (κ2) is 6.93. The van der Waals surface area contributed by atoms with Crippen molar-refractivity contribution in [2.24, 2.45) is 0 Å². The van der Waals surface area contributed by atoms with Crippen LogP contribution in [0.4, 0.5) is 5.69 Å². The highest BCUT2D eigenvalue weighted by Gasteiger charge is 2.20. The van der Waals surface area contributed by atoms with Gasteiger partial charge in [0.25, 0.3) is 0 Å². The van der Waals surface area contributed by atoms with Crippen LogP contribution in [0.15, 0.2) is 18.2 Å². The first-order chi connectivity index (χ1) is 11.2. The van der Waals surface area contributed by atoms with Crippen LogP contribution in [0.3, 0.4) is 0 Å². The Morgan fingerprint density at radius 1 is 1.30 bits per heavy atom. The van der Waals surface area contributed by atoms with E-state index in [0.717, 1.165) is 41.5 Å². The van der Waals surface area contributed by atoms with Crippen molar-refractivity contribution in [2.45, 2.75) is 19.3 Å². The fourth-order valence-corrected chi connectivity index (χ4v) is 3.01. The Morgan fingerprint density at radius 3 is 2.96 bits per heavy atom. The highest BCUT2D eigenvalue weighted by atomic mass is 16.5. The van der Waals surface area contributed by atoms with Gasteiger partial charge in [-0.05, 0) is 43.0 Å². The maximum atomic E-state index is 11.2. The third kappa shape index (κ3) is 3.28. The van der Waals surface area contributed by atoms with Gasteiger partial charge >= 0.3 is 5.97 Å². The molecule has 1 heterocycles. The Balaban J connectivity index is 1.94. The van der Waals surface area contributed by atoms with Crippen molar-refractivity contribution in [3.8, 4) is 0 Å². The van der Waals surface area contributed by atoms with Gasteiger partial charge in [-0.25, -0.2) is 4.79 Å². The number of aliphatic hydroxyl groups is 1. The molecular weight excluding hydrogens is 296 g/mol. The van der Waals surface area contributed by atoms with Crippen molar-refractivity contribution in [1.82, 2.24) is 4.98 Å². The molecule has 1 aliphatic rings. The molecule has 2 aromatic rings. The minimum Gasteiger partial charge on any atom is -0.478 e. The first-order valence-electron chi connectivity index (χ1n) is 7.82. The lowest BCUT2D eigenvalue weighted by Gasteiger charge is -2.15. The summed E-state index contributed by atoms with van der Waals surface area (Å²) in [6.45, 7) is 1.41. The number of hydrogen-bond donors (Lipinski definition) is 3. The van der Waals surface area contributed by atoms with Crippen LogP contribution in [0.1, 0.15) is 28.0 Å². The molecule has 6 heteroatoms. The fraction of sp³-hybridized carbons (Fsp3) is 0.412. The number of pyridine rings is 1. The zero-order chi connectivity index (χ0) is 16.2. The first kappa shape index (κ1) is 15.7. The molecule has 1 aliphatic carbocycles. The molecule has 23 heavy (non-hydrogen) atoms. The molecule has 3 N–H and O–H groups in total. The van der Waals surface area contributed by atoms with E-state index in [1.165, 1.54) is 5.56 Å². The average Bonchev–Trinajstić information content (AvgIpc) is 3.01. The molecule has 0 fully saturated rings. The number of nitrogens with one attached hydrogen (secondary N) is 1. The molecule has 0 spiro atoms. The van der Waals surface area contributed by atoms with E-state index in [9.17, 15) is 9.90 Å². The molecular formula is C17H20N2O4. The summed E-state index contributed by atoms with van der Waals surface area (Å²) in [4.78, 5) is 15.9. The number of anilines is 1. The molecule has 0 amide bonds. The summed E-state index contributed by atoms with van der Waals surface area (Å²) in [5, 5.41) is 22.2. The van der Waals surface area contributed by atoms with Crippen molar-refractivity contribution >= 4 is 22.6 Å². The van der Waals surface area contributed by atoms with Crippen LogP contribution in [-0.4, -0.2) is 47.5 Å². The van der Waals surface area contributed by atoms with Crippen LogP contribution in [-0.2, 0) is 17.6 Å². The standard InChI is InChI=1S/C17H20N2O4/c20-7-9-23-8-6-18-16-12-2-1-3-14(12)19-15-5-4-11(17(21)22)10-13(15)16/h4-5,10,20H,1-3,6-9H2,(H,18,19)(H,21,22). The van der Waals surface area contributed by atoms with Gasteiger partial charge in [0, 0.05) is 23.3 Å². The number of carboxylic acid groups (broad SMARTS) is 1. The Kier molecular flexibility index (Phi) is 4.73. The van der Waals surface area contributed by atoms with Crippen LogP contribution in [0.5, 0.6) is 0 Å². The largest absolute Gasteiger partial charge is 0.478 e. The number of aromatic carboxylic acids is 1. The van der Waals surface area contributed by atoms with E-state index < -0.39 is 5.97 Å². The third-order valence-electron chi connectivity index (χ3n) is 4.04. The molecule has 0 radical (unpaired) electrons. The second-order valence-electron chi connectivity index (χ2n) is 5.57. The van der Waals surface area contributed by atoms with Gasteiger partial charge in [0.1, 0.15) is 0 Å². The minimum absolute atomic E-state index is 0.00948. The molecule has 0 unspecified atom stereocenters. The Labute approximate surface area is 134 Å². The average molecular weight is 316 g/mol. The van der Waals surface area contributed by atoms with E-state index in [1.54, 1.807) is 18.2 Å². The van der Waals surface area contributed by atoms with Crippen LogP contribution in [0.25, 0.3) is 10.9 Å². The van der Waals surface area contributed by atoms with Crippen LogP contribution in [0, 0.1) is 0 Å². The predicted molar refractivity (Wildman–Crippen MR) is 87.1 cm³/mol. The van der Waals surface area contributed by atoms with E-state index in [-0.39, 0.29) is 12.2 Å². The van der Waals surface area contributed by atoms with Crippen molar-refractivity contribution in [1.29, 1.82) is 0 Å². The molecule has 0 bridgehead atoms. The van der Waals surface area contributed by atoms with Crippen LogP contribution < -0.4 is 5.32 Å². The first-order valence-corrected chi connectivity index (χ1v) is 7.82. The molecule has 0 saturated heterocycles. The topological polar surface area (TPSA) is 91.7 Å². The Hall–Kier alpha value is -2.18. The Morgan fingerprint density at radius 2 is 2.17 bits per heavy atom. The number of aromatic nitrogens is 1. The molecule has 0 saturated carbocycles. The minimum atomic E-state index is -0.940. The lowest BCUT2D eigenvalue weighted by Crippen LogP contribution is -2.13. The number of rotatable bonds is 7. The van der Waals surface area contributed by atoms with Gasteiger partial charge < -0.3 is 20.3 Å². The van der Waals surface area contributed by atoms with Crippen LogP contribution >= 0.6 is 0 Å². The number of carbonyl (C=O) groups is 1. The molecule has 6 nitrogen and oxygen atoms in total. The Bertz CT molecular complexity index is 730. The van der Waals surface area contributed by atoms with Crippen molar-refractivity contribution in [2.75, 3.05) is 31.7 Å². The van der Waals surface area contributed by atoms with E-state index in [0.29, 0.717) is 19.8 Å². The van der Waals surface area contributed by atoms with E-state index in [2.05, 4.69) is 10.3 Å². The van der Waals surface area contributed by atoms with E-state index in [4.69, 9.17) is 9.84 Å². The number of carboxylic acids is 1. The highest BCUT2D eigenvalue weighted by molar-refractivity contribution is 5.99. The number of fused-ring (bicyclic) bond motifs is 2. The van der Waals surface area contributed by atoms with Crippen molar-refractivity contribution in [3.63, 3.8) is 0 Å². The lowest BCUT2D eigenvalue weighted by molar-refractivity contribution is 0.0697. The van der Waals surface area contributed by atoms with Gasteiger partial charge in [0.2, 0.25) is 0 Å². The number of aliphatic hydroxyl groups excluding tert-OH is 1. The molecule has 122 valence electrons. The molecule has 3 rings (SSSR count). The predicted octanol–water partition coefficient (Wildman–Crippen LogP) is 1.84. The van der Waals surface area contributed by atoms with Gasteiger partial charge in [0.15, 0.2) is 0 Å². The molecule has 1 aromatic heterocycles. The summed E-state index contributed by atoms with van der Waals surface area (Å²) in [7, 11) is 0. The summed E-state index contributed by atoms with van der Waals surface area (Å²) < 4.78 is 5.28. The quantitative estimate of drug-likeness (QED) is 0.675. The van der Waals surface area contributed by atoms with Gasteiger partial charge in [-0.2, -0.15) is 0 Å². The monoisotopic (exact) mass is 316 g/mol. The summed E-state index contributed by atoms with van der Waals surface area (Å²) in [6.07, 6.45) is 2.98. The lowest BCUT2D eigenvalue weighted by atomic mass is 10.0. The van der Waals surface area contributed by atoms with Gasteiger partial charge in [-0.3, -0.25) is 4.98 Å². The SMILES string of the molecule is O=C(O)c1ccc2nc3c(c(NCCOCCO)c2c1)CCC3. The maximum absolute atomic E-state index is 11.2. The van der Waals surface area contributed by atoms with Gasteiger partial charge in [0.05, 0.1) is 30.9 Å². The normalized spacial score (nSPS) is 13.3. The smallest absolute Gasteiger partial charge is 0.335 e. The second-order valence-corrected chi connectivity index (χ2v) is 5.57. The summed E-state index contributed by atoms with van der Waals surface area (Å²) in [6, 6.07) is 5.04. The maximum Gasteiger partial charge on any atom is 0.335 e. The van der Waals surface area contributed by atoms with Crippen LogP contribution in [0.2, 0.25) is 0 Å². The highest BCUT2D eigenvalue weighted by Crippen LogP contribution is 2.34. The summed E-state index contributed by atoms with van der Waals surface area (Å²) in [5.41, 5.74) is 4.33. The van der Waals surface area contributed by atoms with Gasteiger partial charge in [-0.1, -0.05) is 0 Å². The summed E-state index contributed by atoms with van der Waals surface area (Å²) >= 11 is 0. The molecule has 0 aliphatic heterocycles. The zero-order valence-electron chi connectivity index (χ0n) is 12.8. The number of aryl methyl sites for hydroxylation is 1. The number of ether oxygens (including phenoxy) is 1. The molecule has 0 atom stereocenters. The van der Waals surface area contributed by atoms with Crippen molar-refractivity contribution < 1.29 is 19.7 Å². The van der Waals surface area contributed by atoms with E-state index in [1.807, 2.05) is 0 Å². The number of hydrogen-bond acceptors (Lipinski definition) is 5. The summed E-state index contributed by atoms with van der Waals surface area (Å²) in [5.74, 6) is -0.940. The number of nitrogens with zero attached hydrogens (tertiary/aromatic N) is 1. The van der Waals surface area contributed by atoms with E-state index >= 15 is 0 Å². The third-order valence-corrected chi connectivity index (χ3v) is 4.04. The van der Waals surface area contributed by atoms with Crippen molar-refractivity contribution in [3.05, 3.63) is 35.0 Å². The zero-order valence-corrected chi connectivity index (χ0v) is 12.8. The van der Waals surface area contributed by atoms with Gasteiger partial charge in [-0.15, -0.1) is 0 Å². The number of benzene rings is 1.